The zero-order chi connectivity index (χ0) is 16.4. The largest absolute Gasteiger partial charge is 0.476 e. The van der Waals surface area contributed by atoms with Crippen molar-refractivity contribution in [3.8, 4) is 5.82 Å². The Bertz CT molecular complexity index is 696. The number of nitrogens with two attached hydrogens (primary N) is 1. The van der Waals surface area contributed by atoms with Gasteiger partial charge in [0.15, 0.2) is 5.69 Å². The standard InChI is InChI=1S/C13H19N7O3/c1-2-8-5-3-4-6-19(8)7-9-10(13(21)22)15-18-20(9)12-11(14)16-23-17-12/h8H,2-7H2,1H3,(H2,14,16)(H,21,22). The molecular weight excluding hydrogens is 302 g/mol. The van der Waals surface area contributed by atoms with Gasteiger partial charge < -0.3 is 10.8 Å². The van der Waals surface area contributed by atoms with Crippen LogP contribution in [0.5, 0.6) is 0 Å². The smallest absolute Gasteiger partial charge is 0.358 e. The van der Waals surface area contributed by atoms with Crippen LogP contribution in [-0.4, -0.2) is 53.9 Å². The van der Waals surface area contributed by atoms with Crippen molar-refractivity contribution in [2.45, 2.75) is 45.2 Å². The summed E-state index contributed by atoms with van der Waals surface area (Å²) in [7, 11) is 0. The number of piperidine rings is 1. The lowest BCUT2D eigenvalue weighted by molar-refractivity contribution is 0.0685. The molecule has 1 aliphatic heterocycles. The van der Waals surface area contributed by atoms with Gasteiger partial charge in [-0.25, -0.2) is 9.42 Å². The fourth-order valence-corrected chi connectivity index (χ4v) is 3.04. The number of likely N-dealkylation sites (tertiary alicyclic amines) is 1. The van der Waals surface area contributed by atoms with Crippen molar-refractivity contribution in [2.24, 2.45) is 0 Å². The third-order valence-corrected chi connectivity index (χ3v) is 4.24. The van der Waals surface area contributed by atoms with E-state index < -0.39 is 5.97 Å². The quantitative estimate of drug-likeness (QED) is 0.815. The SMILES string of the molecule is CCC1CCCCN1Cc1c(C(=O)O)nnn1-c1nonc1N. The van der Waals surface area contributed by atoms with Gasteiger partial charge in [0.2, 0.25) is 11.6 Å². The molecule has 1 unspecified atom stereocenters. The second-order valence-electron chi connectivity index (χ2n) is 5.60. The Morgan fingerprint density at radius 2 is 2.26 bits per heavy atom. The van der Waals surface area contributed by atoms with Crippen LogP contribution in [0.25, 0.3) is 5.82 Å². The van der Waals surface area contributed by atoms with Gasteiger partial charge in [0.05, 0.1) is 5.69 Å². The van der Waals surface area contributed by atoms with E-state index in [4.69, 9.17) is 5.73 Å². The van der Waals surface area contributed by atoms with Gasteiger partial charge in [-0.05, 0) is 36.1 Å². The Hall–Kier alpha value is -2.49. The van der Waals surface area contributed by atoms with Crippen LogP contribution >= 0.6 is 0 Å². The molecule has 0 amide bonds. The maximum atomic E-state index is 11.5. The first-order chi connectivity index (χ1) is 11.1. The molecule has 1 fully saturated rings. The second-order valence-corrected chi connectivity index (χ2v) is 5.60. The molecule has 3 rings (SSSR count). The molecule has 0 aliphatic carbocycles. The minimum atomic E-state index is -1.13. The minimum absolute atomic E-state index is 0.0405. The molecule has 0 aromatic carbocycles. The van der Waals surface area contributed by atoms with Crippen LogP contribution in [0.4, 0.5) is 5.82 Å². The van der Waals surface area contributed by atoms with Crippen LogP contribution in [-0.2, 0) is 6.54 Å². The van der Waals surface area contributed by atoms with E-state index in [-0.39, 0.29) is 17.3 Å². The van der Waals surface area contributed by atoms with Gasteiger partial charge in [0.25, 0.3) is 0 Å². The molecule has 124 valence electrons. The molecule has 0 saturated carbocycles. The van der Waals surface area contributed by atoms with Crippen molar-refractivity contribution in [3.05, 3.63) is 11.4 Å². The van der Waals surface area contributed by atoms with Crippen molar-refractivity contribution >= 4 is 11.8 Å². The summed E-state index contributed by atoms with van der Waals surface area (Å²) in [6.45, 7) is 3.46. The van der Waals surface area contributed by atoms with Crippen LogP contribution < -0.4 is 5.73 Å². The number of nitrogens with zero attached hydrogens (tertiary/aromatic N) is 6. The zero-order valence-corrected chi connectivity index (χ0v) is 12.8. The zero-order valence-electron chi connectivity index (χ0n) is 12.8. The van der Waals surface area contributed by atoms with E-state index in [1.807, 2.05) is 0 Å². The van der Waals surface area contributed by atoms with Gasteiger partial charge in [-0.1, -0.05) is 18.6 Å². The molecule has 2 aromatic heterocycles. The molecule has 3 heterocycles. The third kappa shape index (κ3) is 2.89. The number of hydrogen-bond donors (Lipinski definition) is 2. The number of nitrogen functional groups attached to an aromatic ring is 1. The fourth-order valence-electron chi connectivity index (χ4n) is 3.04. The average Bonchev–Trinajstić information content (AvgIpc) is 3.14. The van der Waals surface area contributed by atoms with E-state index in [0.717, 1.165) is 25.8 Å². The first-order valence-electron chi connectivity index (χ1n) is 7.62. The number of hydrogen-bond acceptors (Lipinski definition) is 8. The molecule has 3 N–H and O–H groups in total. The molecule has 0 bridgehead atoms. The summed E-state index contributed by atoms with van der Waals surface area (Å²) in [5.74, 6) is -0.935. The van der Waals surface area contributed by atoms with Gasteiger partial charge in [0, 0.05) is 12.6 Å². The van der Waals surface area contributed by atoms with Crippen LogP contribution in [0.2, 0.25) is 0 Å². The summed E-state index contributed by atoms with van der Waals surface area (Å²) >= 11 is 0. The summed E-state index contributed by atoms with van der Waals surface area (Å²) in [5.41, 5.74) is 6.02. The number of carboxylic acids is 1. The Morgan fingerprint density at radius 3 is 2.91 bits per heavy atom. The van der Waals surface area contributed by atoms with E-state index in [2.05, 4.69) is 37.1 Å². The van der Waals surface area contributed by atoms with E-state index in [1.54, 1.807) is 0 Å². The third-order valence-electron chi connectivity index (χ3n) is 4.24. The lowest BCUT2D eigenvalue weighted by Gasteiger charge is -2.35. The summed E-state index contributed by atoms with van der Waals surface area (Å²) in [5, 5.41) is 24.2. The molecule has 10 heteroatoms. The van der Waals surface area contributed by atoms with Gasteiger partial charge in [-0.15, -0.1) is 5.10 Å². The monoisotopic (exact) mass is 321 g/mol. The number of carboxylic acid groups (broad SMARTS) is 1. The first kappa shape index (κ1) is 15.4. The first-order valence-corrected chi connectivity index (χ1v) is 7.62. The predicted octanol–water partition coefficient (Wildman–Crippen LogP) is 0.695. The maximum Gasteiger partial charge on any atom is 0.358 e. The van der Waals surface area contributed by atoms with E-state index in [0.29, 0.717) is 18.3 Å². The summed E-state index contributed by atoms with van der Waals surface area (Å²) in [6.07, 6.45) is 4.40. The van der Waals surface area contributed by atoms with Crippen molar-refractivity contribution in [2.75, 3.05) is 12.3 Å². The van der Waals surface area contributed by atoms with E-state index in [1.165, 1.54) is 11.1 Å². The highest BCUT2D eigenvalue weighted by Crippen LogP contribution is 2.24. The number of rotatable bonds is 5. The van der Waals surface area contributed by atoms with Crippen molar-refractivity contribution in [3.63, 3.8) is 0 Å². The molecule has 0 spiro atoms. The number of aromatic nitrogens is 5. The number of anilines is 1. The van der Waals surface area contributed by atoms with Crippen molar-refractivity contribution in [1.82, 2.24) is 30.2 Å². The Kier molecular flexibility index (Phi) is 4.24. The van der Waals surface area contributed by atoms with Crippen molar-refractivity contribution < 1.29 is 14.5 Å². The summed E-state index contributed by atoms with van der Waals surface area (Å²) in [4.78, 5) is 13.7. The van der Waals surface area contributed by atoms with Gasteiger partial charge >= 0.3 is 5.97 Å². The average molecular weight is 321 g/mol. The van der Waals surface area contributed by atoms with Gasteiger partial charge in [-0.2, -0.15) is 4.68 Å². The molecule has 1 atom stereocenters. The van der Waals surface area contributed by atoms with Crippen LogP contribution in [0.1, 0.15) is 48.8 Å². The highest BCUT2D eigenvalue weighted by Gasteiger charge is 2.28. The van der Waals surface area contributed by atoms with Crippen LogP contribution in [0.3, 0.4) is 0 Å². The van der Waals surface area contributed by atoms with Crippen molar-refractivity contribution in [1.29, 1.82) is 0 Å². The molecule has 10 nitrogen and oxygen atoms in total. The normalized spacial score (nSPS) is 19.1. The number of carbonyl (C=O) groups is 1. The fraction of sp³-hybridized carbons (Fsp3) is 0.615. The molecule has 1 aliphatic rings. The summed E-state index contributed by atoms with van der Waals surface area (Å²) < 4.78 is 5.88. The van der Waals surface area contributed by atoms with E-state index >= 15 is 0 Å². The minimum Gasteiger partial charge on any atom is -0.476 e. The lowest BCUT2D eigenvalue weighted by Crippen LogP contribution is -2.39. The molecular formula is C13H19N7O3. The maximum absolute atomic E-state index is 11.5. The Labute approximate surface area is 132 Å². The number of aromatic carboxylic acids is 1. The van der Waals surface area contributed by atoms with Gasteiger partial charge in [0.1, 0.15) is 0 Å². The molecule has 23 heavy (non-hydrogen) atoms. The Morgan fingerprint density at radius 1 is 1.43 bits per heavy atom. The Balaban J connectivity index is 1.97. The molecule has 1 saturated heterocycles. The topological polar surface area (TPSA) is 136 Å². The highest BCUT2D eigenvalue weighted by molar-refractivity contribution is 5.86. The van der Waals surface area contributed by atoms with Gasteiger partial charge in [-0.3, -0.25) is 4.90 Å². The van der Waals surface area contributed by atoms with Crippen LogP contribution in [0, 0.1) is 0 Å². The second kappa shape index (κ2) is 6.32. The lowest BCUT2D eigenvalue weighted by atomic mass is 9.99. The van der Waals surface area contributed by atoms with Crippen LogP contribution in [0.15, 0.2) is 4.63 Å². The molecule has 2 aromatic rings. The summed E-state index contributed by atoms with van der Waals surface area (Å²) in [6, 6.07) is 0.418. The molecule has 0 radical (unpaired) electrons. The highest BCUT2D eigenvalue weighted by atomic mass is 16.6. The van der Waals surface area contributed by atoms with E-state index in [9.17, 15) is 9.90 Å². The predicted molar refractivity (Wildman–Crippen MR) is 78.9 cm³/mol.